The van der Waals surface area contributed by atoms with Crippen molar-refractivity contribution in [3.63, 3.8) is 0 Å². The van der Waals surface area contributed by atoms with Crippen LogP contribution in [-0.2, 0) is 14.4 Å². The minimum atomic E-state index is -0.714. The van der Waals surface area contributed by atoms with Crippen molar-refractivity contribution < 1.29 is 19.1 Å². The predicted molar refractivity (Wildman–Crippen MR) is 157 cm³/mol. The molecule has 0 radical (unpaired) electrons. The van der Waals surface area contributed by atoms with Gasteiger partial charge in [-0.05, 0) is 62.4 Å². The number of imidazole rings is 1. The van der Waals surface area contributed by atoms with E-state index in [2.05, 4.69) is 4.98 Å². The summed E-state index contributed by atoms with van der Waals surface area (Å²) >= 11 is 0. The summed E-state index contributed by atoms with van der Waals surface area (Å²) in [5.74, 6) is -1.06. The molecule has 2 heterocycles. The summed E-state index contributed by atoms with van der Waals surface area (Å²) in [5.41, 5.74) is 1.44. The first-order valence-corrected chi connectivity index (χ1v) is 13.0. The van der Waals surface area contributed by atoms with Gasteiger partial charge in [-0.3, -0.25) is 23.9 Å². The number of methoxy groups -OCH3 is 1. The van der Waals surface area contributed by atoms with E-state index in [9.17, 15) is 19.2 Å². The highest BCUT2D eigenvalue weighted by Gasteiger charge is 2.33. The van der Waals surface area contributed by atoms with Crippen LogP contribution in [0, 0.1) is 0 Å². The molecule has 5 rings (SSSR count). The molecular weight excluding hydrogens is 522 g/mol. The summed E-state index contributed by atoms with van der Waals surface area (Å²) in [6.07, 6.45) is 4.10. The van der Waals surface area contributed by atoms with Crippen LogP contribution < -0.4 is 20.2 Å². The van der Waals surface area contributed by atoms with Crippen LogP contribution in [0.25, 0.3) is 17.2 Å². The second kappa shape index (κ2) is 11.4. The van der Waals surface area contributed by atoms with Crippen LogP contribution in [-0.4, -0.2) is 51.9 Å². The van der Waals surface area contributed by atoms with Crippen LogP contribution in [0.2, 0.25) is 0 Å². The lowest BCUT2D eigenvalue weighted by Crippen LogP contribution is -2.44. The Hall–Kier alpha value is -5.38. The molecule has 0 fully saturated rings. The quantitative estimate of drug-likeness (QED) is 0.276. The maximum atomic E-state index is 13.9. The van der Waals surface area contributed by atoms with Crippen molar-refractivity contribution >= 4 is 46.3 Å². The molecule has 208 valence electrons. The normalized spacial score (nSPS) is 14.7. The maximum Gasteiger partial charge on any atom is 0.330 e. The Labute approximate surface area is 236 Å². The van der Waals surface area contributed by atoms with Crippen molar-refractivity contribution in [3.05, 3.63) is 107 Å². The molecule has 0 unspecified atom stereocenters. The van der Waals surface area contributed by atoms with Gasteiger partial charge in [-0.15, -0.1) is 0 Å². The number of hydrogen-bond donors (Lipinski definition) is 1. The van der Waals surface area contributed by atoms with Crippen molar-refractivity contribution in [1.29, 1.82) is 0 Å². The van der Waals surface area contributed by atoms with Gasteiger partial charge in [0.15, 0.2) is 0 Å². The summed E-state index contributed by atoms with van der Waals surface area (Å²) in [4.78, 5) is 61.0. The lowest BCUT2D eigenvalue weighted by Gasteiger charge is -2.29. The first kappa shape index (κ1) is 27.2. The van der Waals surface area contributed by atoms with Gasteiger partial charge in [-0.25, -0.2) is 4.79 Å². The number of benzene rings is 3. The van der Waals surface area contributed by atoms with E-state index in [1.54, 1.807) is 84.8 Å². The van der Waals surface area contributed by atoms with Crippen LogP contribution in [0.15, 0.2) is 102 Å². The van der Waals surface area contributed by atoms with E-state index >= 15 is 0 Å². The van der Waals surface area contributed by atoms with E-state index < -0.39 is 17.5 Å². The van der Waals surface area contributed by atoms with Gasteiger partial charge in [-0.1, -0.05) is 30.3 Å². The smallest absolute Gasteiger partial charge is 0.330 e. The van der Waals surface area contributed by atoms with Gasteiger partial charge in [0.1, 0.15) is 17.9 Å². The molecule has 0 atom stereocenters. The van der Waals surface area contributed by atoms with E-state index in [4.69, 9.17) is 4.74 Å². The largest absolute Gasteiger partial charge is 0.497 e. The van der Waals surface area contributed by atoms with Crippen molar-refractivity contribution in [2.45, 2.75) is 19.9 Å². The molecule has 0 saturated carbocycles. The minimum Gasteiger partial charge on any atom is -0.497 e. The number of carbonyl (C=O) groups is 3. The fourth-order valence-electron chi connectivity index (χ4n) is 4.71. The summed E-state index contributed by atoms with van der Waals surface area (Å²) in [7, 11) is 1.56. The van der Waals surface area contributed by atoms with Crippen LogP contribution >= 0.6 is 0 Å². The highest BCUT2D eigenvalue weighted by Crippen LogP contribution is 2.25. The standard InChI is InChI=1S/C31H29N5O5/c1-21(2)36(23-13-15-24(41-3)16-14-23)28(37)20-33-17-18-34(22-9-5-4-6-10-22)30(39)25(29(33)38)19-35-27-12-8-7-11-26(27)32-31(35)40/h4-19,21H,20H2,1-3H3,(H,32,40). The summed E-state index contributed by atoms with van der Waals surface area (Å²) < 4.78 is 6.46. The lowest BCUT2D eigenvalue weighted by molar-refractivity contribution is -0.131. The van der Waals surface area contributed by atoms with E-state index in [0.717, 1.165) is 0 Å². The Bertz CT molecular complexity index is 1720. The number of para-hydroxylation sites is 3. The highest BCUT2D eigenvalue weighted by atomic mass is 16.5. The molecule has 1 aliphatic heterocycles. The van der Waals surface area contributed by atoms with Gasteiger partial charge < -0.3 is 19.5 Å². The Kier molecular flexibility index (Phi) is 7.55. The number of anilines is 2. The first-order valence-electron chi connectivity index (χ1n) is 13.0. The number of rotatable bonds is 7. The Morgan fingerprint density at radius 1 is 0.902 bits per heavy atom. The molecule has 1 aliphatic rings. The Balaban J connectivity index is 1.55. The monoisotopic (exact) mass is 551 g/mol. The van der Waals surface area contributed by atoms with Gasteiger partial charge in [-0.2, -0.15) is 0 Å². The molecule has 0 bridgehead atoms. The van der Waals surface area contributed by atoms with E-state index in [-0.39, 0.29) is 24.1 Å². The van der Waals surface area contributed by atoms with Crippen molar-refractivity contribution in [2.24, 2.45) is 0 Å². The van der Waals surface area contributed by atoms with Crippen LogP contribution in [0.5, 0.6) is 5.75 Å². The SMILES string of the molecule is COc1ccc(N(C(=O)CN2C=CN(c3ccccc3)C(=O)C(=Cn3c(=O)[nH]c4ccccc43)C2=O)C(C)C)cc1. The number of fused-ring (bicyclic) bond motifs is 1. The zero-order valence-corrected chi connectivity index (χ0v) is 22.9. The predicted octanol–water partition coefficient (Wildman–Crippen LogP) is 3.97. The number of H-pyrrole nitrogens is 1. The number of amides is 3. The van der Waals surface area contributed by atoms with Crippen molar-refractivity contribution in [1.82, 2.24) is 14.5 Å². The molecule has 0 spiro atoms. The van der Waals surface area contributed by atoms with E-state index in [0.29, 0.717) is 28.2 Å². The fraction of sp³-hybridized carbons (Fsp3) is 0.161. The third-order valence-corrected chi connectivity index (χ3v) is 6.69. The molecule has 1 N–H and O–H groups in total. The topological polar surface area (TPSA) is 108 Å². The zero-order chi connectivity index (χ0) is 29.1. The molecular formula is C31H29N5O5. The van der Waals surface area contributed by atoms with Gasteiger partial charge in [0, 0.05) is 36.0 Å². The van der Waals surface area contributed by atoms with Crippen molar-refractivity contribution in [3.8, 4) is 5.75 Å². The van der Waals surface area contributed by atoms with Gasteiger partial charge in [0.2, 0.25) is 5.91 Å². The highest BCUT2D eigenvalue weighted by molar-refractivity contribution is 6.27. The molecule has 1 aromatic heterocycles. The maximum absolute atomic E-state index is 13.9. The number of nitrogens with one attached hydrogen (secondary N) is 1. The molecule has 10 heteroatoms. The first-order chi connectivity index (χ1) is 19.8. The minimum absolute atomic E-state index is 0.218. The van der Waals surface area contributed by atoms with Gasteiger partial charge >= 0.3 is 5.69 Å². The van der Waals surface area contributed by atoms with E-state index in [1.165, 1.54) is 33.0 Å². The number of hydrogen-bond acceptors (Lipinski definition) is 5. The average molecular weight is 552 g/mol. The molecule has 4 aromatic rings. The third-order valence-electron chi connectivity index (χ3n) is 6.69. The second-order valence-corrected chi connectivity index (χ2v) is 9.66. The number of aromatic nitrogens is 2. The van der Waals surface area contributed by atoms with Crippen molar-refractivity contribution in [2.75, 3.05) is 23.5 Å². The second-order valence-electron chi connectivity index (χ2n) is 9.66. The average Bonchev–Trinajstić information content (AvgIpc) is 3.24. The summed E-state index contributed by atoms with van der Waals surface area (Å²) in [5, 5.41) is 0. The van der Waals surface area contributed by atoms with Crippen LogP contribution in [0.1, 0.15) is 13.8 Å². The van der Waals surface area contributed by atoms with Gasteiger partial charge in [0.25, 0.3) is 11.8 Å². The molecule has 41 heavy (non-hydrogen) atoms. The number of aromatic amines is 1. The summed E-state index contributed by atoms with van der Waals surface area (Å²) in [6, 6.07) is 22.6. The Morgan fingerprint density at radius 3 is 2.27 bits per heavy atom. The third kappa shape index (κ3) is 5.40. The van der Waals surface area contributed by atoms with Gasteiger partial charge in [0.05, 0.1) is 18.1 Å². The fourth-order valence-corrected chi connectivity index (χ4v) is 4.71. The zero-order valence-electron chi connectivity index (χ0n) is 22.9. The molecule has 3 aromatic carbocycles. The molecule has 10 nitrogen and oxygen atoms in total. The number of carbonyl (C=O) groups excluding carboxylic acids is 3. The lowest BCUT2D eigenvalue weighted by atomic mass is 10.2. The Morgan fingerprint density at radius 2 is 1.59 bits per heavy atom. The number of ether oxygens (including phenoxy) is 1. The van der Waals surface area contributed by atoms with Crippen LogP contribution in [0.3, 0.4) is 0 Å². The summed E-state index contributed by atoms with van der Waals surface area (Å²) in [6.45, 7) is 3.41. The molecule has 0 saturated heterocycles. The number of nitrogens with zero attached hydrogens (tertiary/aromatic N) is 4. The van der Waals surface area contributed by atoms with E-state index in [1.807, 2.05) is 19.9 Å². The molecule has 0 aliphatic carbocycles. The molecule has 3 amide bonds. The van der Waals surface area contributed by atoms with Crippen LogP contribution in [0.4, 0.5) is 11.4 Å².